The van der Waals surface area contributed by atoms with E-state index in [-0.39, 0.29) is 5.41 Å². The summed E-state index contributed by atoms with van der Waals surface area (Å²) in [7, 11) is 0. The first-order valence-corrected chi connectivity index (χ1v) is 21.6. The van der Waals surface area contributed by atoms with Crippen molar-refractivity contribution in [3.05, 3.63) is 206 Å². The number of hydrogen-bond donors (Lipinski definition) is 0. The number of hydrogen-bond acceptors (Lipinski definition) is 3. The Morgan fingerprint density at radius 2 is 1.05 bits per heavy atom. The molecule has 0 N–H and O–H groups in total. The second-order valence-electron chi connectivity index (χ2n) is 17.7. The maximum Gasteiger partial charge on any atom is 0.0721 e. The van der Waals surface area contributed by atoms with E-state index in [0.29, 0.717) is 0 Å². The van der Waals surface area contributed by atoms with Gasteiger partial charge in [-0.05, 0) is 137 Å². The third kappa shape index (κ3) is 6.17. The minimum absolute atomic E-state index is 0.0128. The first kappa shape index (κ1) is 36.9. The smallest absolute Gasteiger partial charge is 0.0721 e. The van der Waals surface area contributed by atoms with E-state index in [4.69, 9.17) is 4.98 Å². The molecule has 0 aliphatic carbocycles. The van der Waals surface area contributed by atoms with Crippen molar-refractivity contribution >= 4 is 54.1 Å². The average molecular weight is 807 g/mol. The zero-order chi connectivity index (χ0) is 42.2. The molecular formula is C59H42N4. The molecule has 0 unspecified atom stereocenters. The van der Waals surface area contributed by atoms with Gasteiger partial charge in [-0.3, -0.25) is 9.97 Å². The van der Waals surface area contributed by atoms with Crippen molar-refractivity contribution in [3.8, 4) is 61.6 Å². The summed E-state index contributed by atoms with van der Waals surface area (Å²) in [5.41, 5.74) is 15.8. The second kappa shape index (κ2) is 14.3. The molecule has 0 bridgehead atoms. The molecule has 12 rings (SSSR count). The number of benzene rings is 8. The van der Waals surface area contributed by atoms with E-state index in [1.165, 1.54) is 54.4 Å². The van der Waals surface area contributed by atoms with Crippen molar-refractivity contribution in [3.63, 3.8) is 0 Å². The normalized spacial score (nSPS) is 12.0. The minimum Gasteiger partial charge on any atom is -0.309 e. The van der Waals surface area contributed by atoms with E-state index in [9.17, 15) is 0 Å². The van der Waals surface area contributed by atoms with Crippen LogP contribution in [0.5, 0.6) is 0 Å². The molecule has 0 atom stereocenters. The van der Waals surface area contributed by atoms with Gasteiger partial charge in [0.25, 0.3) is 0 Å². The maximum atomic E-state index is 5.36. The molecule has 0 saturated heterocycles. The summed E-state index contributed by atoms with van der Waals surface area (Å²) in [6, 6.07) is 64.1. The molecule has 12 aromatic rings. The number of rotatable bonds is 6. The van der Waals surface area contributed by atoms with Crippen LogP contribution in [0.3, 0.4) is 0 Å². The second-order valence-corrected chi connectivity index (χ2v) is 17.7. The van der Waals surface area contributed by atoms with E-state index in [2.05, 4.69) is 199 Å². The number of pyridine rings is 3. The Morgan fingerprint density at radius 1 is 0.397 bits per heavy atom. The van der Waals surface area contributed by atoms with Crippen LogP contribution in [0.25, 0.3) is 116 Å². The van der Waals surface area contributed by atoms with Crippen molar-refractivity contribution in [2.75, 3.05) is 0 Å². The molecule has 8 aromatic carbocycles. The van der Waals surface area contributed by atoms with Crippen LogP contribution in [0.2, 0.25) is 0 Å². The molecular weight excluding hydrogens is 765 g/mol. The number of nitrogens with zero attached hydrogens (tertiary/aromatic N) is 4. The highest BCUT2D eigenvalue weighted by molar-refractivity contribution is 6.26. The highest BCUT2D eigenvalue weighted by Gasteiger charge is 2.22. The van der Waals surface area contributed by atoms with E-state index < -0.39 is 0 Å². The van der Waals surface area contributed by atoms with Crippen LogP contribution < -0.4 is 0 Å². The van der Waals surface area contributed by atoms with Crippen LogP contribution in [0, 0.1) is 0 Å². The van der Waals surface area contributed by atoms with Crippen LogP contribution in [-0.2, 0) is 5.41 Å². The molecule has 0 radical (unpaired) electrons. The van der Waals surface area contributed by atoms with Gasteiger partial charge in [0.15, 0.2) is 0 Å². The Bertz CT molecular complexity index is 3670. The van der Waals surface area contributed by atoms with E-state index in [0.717, 1.165) is 66.9 Å². The van der Waals surface area contributed by atoms with Crippen LogP contribution in [0.4, 0.5) is 0 Å². The molecule has 63 heavy (non-hydrogen) atoms. The quantitative estimate of drug-likeness (QED) is 0.157. The van der Waals surface area contributed by atoms with Crippen LogP contribution >= 0.6 is 0 Å². The van der Waals surface area contributed by atoms with E-state index >= 15 is 0 Å². The van der Waals surface area contributed by atoms with Gasteiger partial charge in [-0.1, -0.05) is 136 Å². The first-order chi connectivity index (χ1) is 30.9. The molecule has 4 heteroatoms. The molecule has 0 aliphatic heterocycles. The fourth-order valence-electron chi connectivity index (χ4n) is 9.79. The van der Waals surface area contributed by atoms with Gasteiger partial charge in [0.2, 0.25) is 0 Å². The zero-order valence-corrected chi connectivity index (χ0v) is 35.3. The van der Waals surface area contributed by atoms with Crippen LogP contribution in [-0.4, -0.2) is 19.5 Å². The van der Waals surface area contributed by atoms with Gasteiger partial charge in [0.05, 0.1) is 22.4 Å². The Hall–Kier alpha value is -7.95. The Kier molecular flexibility index (Phi) is 8.38. The standard InChI is InChI=1S/C59H42N4/c1-59(2,3)52-33-44-19-23-47(48-24-18-42-10-7-11-49(52)57(42)58(44)48)54-35-45(34-53(62-54)41-26-29-60-30-27-41)40-14-12-39(13-15-40)43-20-25-55-50(32-43)51-36-61-31-28-56(51)63(55)46-21-16-38(17-22-46)37-8-5-4-6-9-37/h4-36H,1-3H3. The molecule has 0 saturated carbocycles. The minimum atomic E-state index is 0.0128. The molecule has 0 amide bonds. The fourth-order valence-corrected chi connectivity index (χ4v) is 9.79. The average Bonchev–Trinajstić information content (AvgIpc) is 3.67. The first-order valence-electron chi connectivity index (χ1n) is 21.6. The van der Waals surface area contributed by atoms with Crippen LogP contribution in [0.1, 0.15) is 26.3 Å². The van der Waals surface area contributed by atoms with Crippen LogP contribution in [0.15, 0.2) is 201 Å². The molecule has 0 aliphatic rings. The molecule has 298 valence electrons. The molecule has 4 nitrogen and oxygen atoms in total. The molecule has 4 aromatic heterocycles. The lowest BCUT2D eigenvalue weighted by atomic mass is 9.80. The summed E-state index contributed by atoms with van der Waals surface area (Å²) in [5, 5.41) is 10.0. The van der Waals surface area contributed by atoms with Gasteiger partial charge in [-0.2, -0.15) is 0 Å². The van der Waals surface area contributed by atoms with Gasteiger partial charge in [0.1, 0.15) is 0 Å². The number of aromatic nitrogens is 4. The predicted molar refractivity (Wildman–Crippen MR) is 264 cm³/mol. The van der Waals surface area contributed by atoms with Crippen molar-refractivity contribution in [2.45, 2.75) is 26.2 Å². The Labute approximate surface area is 366 Å². The SMILES string of the molecule is CC(C)(C)c1cc2ccc(-c3cc(-c4ccc(-c5ccc6c(c5)c5cnccc5n6-c5ccc(-c6ccccc6)cc5)cc4)cc(-c4ccncc4)n3)c3ccc4cccc1c4c23. The Morgan fingerprint density at radius 3 is 1.84 bits per heavy atom. The predicted octanol–water partition coefficient (Wildman–Crippen LogP) is 15.5. The summed E-state index contributed by atoms with van der Waals surface area (Å²) >= 11 is 0. The van der Waals surface area contributed by atoms with Crippen molar-refractivity contribution < 1.29 is 0 Å². The van der Waals surface area contributed by atoms with Gasteiger partial charge in [-0.15, -0.1) is 0 Å². The summed E-state index contributed by atoms with van der Waals surface area (Å²) < 4.78 is 2.35. The Balaban J connectivity index is 0.949. The molecule has 0 fully saturated rings. The third-order valence-electron chi connectivity index (χ3n) is 12.9. The van der Waals surface area contributed by atoms with Gasteiger partial charge in [-0.25, -0.2) is 4.98 Å². The van der Waals surface area contributed by atoms with Gasteiger partial charge in [0, 0.05) is 52.4 Å². The lowest BCUT2D eigenvalue weighted by molar-refractivity contribution is 0.596. The van der Waals surface area contributed by atoms with Gasteiger partial charge >= 0.3 is 0 Å². The summed E-state index contributed by atoms with van der Waals surface area (Å²) in [6.45, 7) is 6.93. The summed E-state index contributed by atoms with van der Waals surface area (Å²) in [4.78, 5) is 14.2. The zero-order valence-electron chi connectivity index (χ0n) is 35.3. The fraction of sp³-hybridized carbons (Fsp3) is 0.0678. The lowest BCUT2D eigenvalue weighted by Gasteiger charge is -2.24. The highest BCUT2D eigenvalue weighted by Crippen LogP contribution is 2.44. The number of fused-ring (bicyclic) bond motifs is 3. The van der Waals surface area contributed by atoms with Crippen molar-refractivity contribution in [1.29, 1.82) is 0 Å². The lowest BCUT2D eigenvalue weighted by Crippen LogP contribution is -2.12. The van der Waals surface area contributed by atoms with Crippen molar-refractivity contribution in [1.82, 2.24) is 19.5 Å². The summed E-state index contributed by atoms with van der Waals surface area (Å²) in [6.07, 6.45) is 7.55. The van der Waals surface area contributed by atoms with Gasteiger partial charge < -0.3 is 4.57 Å². The largest absolute Gasteiger partial charge is 0.309 e. The van der Waals surface area contributed by atoms with E-state index in [1.54, 1.807) is 0 Å². The van der Waals surface area contributed by atoms with Crippen molar-refractivity contribution in [2.24, 2.45) is 0 Å². The molecule has 4 heterocycles. The van der Waals surface area contributed by atoms with E-state index in [1.807, 2.05) is 36.9 Å². The topological polar surface area (TPSA) is 43.6 Å². The maximum absolute atomic E-state index is 5.36. The third-order valence-corrected chi connectivity index (χ3v) is 12.9. The monoisotopic (exact) mass is 806 g/mol. The highest BCUT2D eigenvalue weighted by atomic mass is 15.0. The summed E-state index contributed by atoms with van der Waals surface area (Å²) in [5.74, 6) is 0. The molecule has 0 spiro atoms.